The van der Waals surface area contributed by atoms with Crippen LogP contribution in [0.4, 0.5) is 0 Å². The van der Waals surface area contributed by atoms with Gasteiger partial charge in [-0.2, -0.15) is 4.31 Å². The molecular weight excluding hydrogens is 456 g/mol. The number of nitrogens with zero attached hydrogens (tertiary/aromatic N) is 1. The van der Waals surface area contributed by atoms with Gasteiger partial charge in [-0.15, -0.1) is 0 Å². The molecule has 1 fully saturated rings. The maximum Gasteiger partial charge on any atom is 0.309 e. The first-order chi connectivity index (χ1) is 16.1. The summed E-state index contributed by atoms with van der Waals surface area (Å²) in [4.78, 5) is 24.8. The number of hydrogen-bond acceptors (Lipinski definition) is 6. The highest BCUT2D eigenvalue weighted by atomic mass is 32.2. The van der Waals surface area contributed by atoms with Gasteiger partial charge in [-0.1, -0.05) is 29.8 Å². The molecular formula is C25H32N2O6S. The minimum Gasteiger partial charge on any atom is -0.497 e. The summed E-state index contributed by atoms with van der Waals surface area (Å²) in [5, 5.41) is 2.71. The van der Waals surface area contributed by atoms with E-state index in [4.69, 9.17) is 9.47 Å². The van der Waals surface area contributed by atoms with Gasteiger partial charge in [-0.3, -0.25) is 9.59 Å². The Balaban J connectivity index is 1.47. The maximum atomic E-state index is 13.2. The van der Waals surface area contributed by atoms with Crippen molar-refractivity contribution in [1.82, 2.24) is 9.62 Å². The lowest BCUT2D eigenvalue weighted by Gasteiger charge is -2.31. The Morgan fingerprint density at radius 1 is 1.03 bits per heavy atom. The van der Waals surface area contributed by atoms with Crippen LogP contribution in [0, 0.1) is 26.7 Å². The van der Waals surface area contributed by atoms with Gasteiger partial charge in [0.15, 0.2) is 6.61 Å². The van der Waals surface area contributed by atoms with E-state index in [0.717, 1.165) is 28.0 Å². The van der Waals surface area contributed by atoms with E-state index < -0.39 is 27.8 Å². The number of benzene rings is 2. The molecule has 1 aliphatic rings. The normalized spacial score (nSPS) is 15.1. The van der Waals surface area contributed by atoms with Gasteiger partial charge < -0.3 is 14.8 Å². The van der Waals surface area contributed by atoms with Crippen LogP contribution >= 0.6 is 0 Å². The number of carbonyl (C=O) groups excluding carboxylic acids is 2. The third kappa shape index (κ3) is 6.15. The van der Waals surface area contributed by atoms with Crippen LogP contribution in [-0.2, 0) is 30.9 Å². The summed E-state index contributed by atoms with van der Waals surface area (Å²) in [6, 6.07) is 11.0. The van der Waals surface area contributed by atoms with E-state index in [2.05, 4.69) is 5.32 Å². The standard InChI is InChI=1S/C25H32N2O6S/c1-17-13-18(2)24(19(3)14-17)34(30,31)27-11-9-21(10-12-27)25(29)33-16-23(28)26-15-20-5-7-22(32-4)8-6-20/h5-8,13-14,21H,9-12,15-16H2,1-4H3,(H,26,28). The van der Waals surface area contributed by atoms with Crippen molar-refractivity contribution < 1.29 is 27.5 Å². The second kappa shape index (κ2) is 11.0. The van der Waals surface area contributed by atoms with Crippen molar-refractivity contribution >= 4 is 21.9 Å². The lowest BCUT2D eigenvalue weighted by Crippen LogP contribution is -2.41. The van der Waals surface area contributed by atoms with Gasteiger partial charge in [0.25, 0.3) is 5.91 Å². The minimum absolute atomic E-state index is 0.235. The van der Waals surface area contributed by atoms with E-state index in [-0.39, 0.29) is 19.7 Å². The van der Waals surface area contributed by atoms with E-state index in [1.807, 2.05) is 31.2 Å². The van der Waals surface area contributed by atoms with Gasteiger partial charge in [0, 0.05) is 19.6 Å². The zero-order valence-electron chi connectivity index (χ0n) is 20.1. The number of hydrogen-bond donors (Lipinski definition) is 1. The van der Waals surface area contributed by atoms with E-state index in [1.165, 1.54) is 4.31 Å². The molecule has 34 heavy (non-hydrogen) atoms. The monoisotopic (exact) mass is 488 g/mol. The first-order valence-electron chi connectivity index (χ1n) is 11.3. The van der Waals surface area contributed by atoms with Crippen LogP contribution in [0.5, 0.6) is 5.75 Å². The number of ether oxygens (including phenoxy) is 2. The van der Waals surface area contributed by atoms with Crippen LogP contribution in [-0.4, -0.2) is 51.4 Å². The number of sulfonamides is 1. The fourth-order valence-electron chi connectivity index (χ4n) is 4.28. The van der Waals surface area contributed by atoms with Gasteiger partial charge in [-0.05, 0) is 62.4 Å². The van der Waals surface area contributed by atoms with E-state index in [1.54, 1.807) is 33.1 Å². The Labute approximate surface area is 201 Å². The second-order valence-corrected chi connectivity index (χ2v) is 10.5. The predicted molar refractivity (Wildman–Crippen MR) is 128 cm³/mol. The lowest BCUT2D eigenvalue weighted by molar-refractivity contribution is -0.153. The number of esters is 1. The largest absolute Gasteiger partial charge is 0.497 e. The second-order valence-electron chi connectivity index (χ2n) is 8.64. The molecule has 1 saturated heterocycles. The summed E-state index contributed by atoms with van der Waals surface area (Å²) in [7, 11) is -2.06. The van der Waals surface area contributed by atoms with Crippen molar-refractivity contribution in [3.8, 4) is 5.75 Å². The third-order valence-electron chi connectivity index (χ3n) is 5.98. The average Bonchev–Trinajstić information content (AvgIpc) is 2.80. The molecule has 0 saturated carbocycles. The molecule has 8 nitrogen and oxygen atoms in total. The molecule has 3 rings (SSSR count). The fraction of sp³-hybridized carbons (Fsp3) is 0.440. The summed E-state index contributed by atoms with van der Waals surface area (Å²) in [5.74, 6) is -0.568. The maximum absolute atomic E-state index is 13.2. The van der Waals surface area contributed by atoms with Gasteiger partial charge in [0.05, 0.1) is 17.9 Å². The van der Waals surface area contributed by atoms with Crippen LogP contribution in [0.25, 0.3) is 0 Å². The summed E-state index contributed by atoms with van der Waals surface area (Å²) in [6.45, 7) is 5.96. The number of aryl methyl sites for hydroxylation is 3. The molecule has 0 atom stereocenters. The zero-order chi connectivity index (χ0) is 24.9. The number of methoxy groups -OCH3 is 1. The van der Waals surface area contributed by atoms with Crippen LogP contribution in [0.1, 0.15) is 35.1 Å². The van der Waals surface area contributed by atoms with E-state index >= 15 is 0 Å². The molecule has 0 unspecified atom stereocenters. The Morgan fingerprint density at radius 2 is 1.62 bits per heavy atom. The van der Waals surface area contributed by atoms with Crippen molar-refractivity contribution in [2.24, 2.45) is 5.92 Å². The zero-order valence-corrected chi connectivity index (χ0v) is 20.9. The fourth-order valence-corrected chi connectivity index (χ4v) is 6.17. The van der Waals surface area contributed by atoms with Gasteiger partial charge in [-0.25, -0.2) is 8.42 Å². The molecule has 0 aromatic heterocycles. The number of carbonyl (C=O) groups is 2. The van der Waals surface area contributed by atoms with E-state index in [0.29, 0.717) is 24.3 Å². The molecule has 0 bridgehead atoms. The molecule has 0 aliphatic carbocycles. The number of piperidine rings is 1. The molecule has 1 heterocycles. The molecule has 1 amide bonds. The molecule has 2 aromatic carbocycles. The van der Waals surface area contributed by atoms with Gasteiger partial charge >= 0.3 is 5.97 Å². The number of amides is 1. The molecule has 184 valence electrons. The highest BCUT2D eigenvalue weighted by molar-refractivity contribution is 7.89. The van der Waals surface area contributed by atoms with Crippen LogP contribution < -0.4 is 10.1 Å². The summed E-state index contributed by atoms with van der Waals surface area (Å²) in [5.41, 5.74) is 3.36. The molecule has 0 spiro atoms. The molecule has 9 heteroatoms. The smallest absolute Gasteiger partial charge is 0.309 e. The number of nitrogens with one attached hydrogen (secondary N) is 1. The lowest BCUT2D eigenvalue weighted by atomic mass is 9.98. The molecule has 2 aromatic rings. The molecule has 1 aliphatic heterocycles. The Morgan fingerprint density at radius 3 is 2.18 bits per heavy atom. The Hall–Kier alpha value is -2.91. The SMILES string of the molecule is COc1ccc(CNC(=O)COC(=O)C2CCN(S(=O)(=O)c3c(C)cc(C)cc3C)CC2)cc1. The Bertz CT molecular complexity index is 1110. The van der Waals surface area contributed by atoms with Crippen molar-refractivity contribution in [3.63, 3.8) is 0 Å². The van der Waals surface area contributed by atoms with Gasteiger partial charge in [0.1, 0.15) is 5.75 Å². The minimum atomic E-state index is -3.64. The summed E-state index contributed by atoms with van der Waals surface area (Å²) < 4.78 is 38.1. The average molecular weight is 489 g/mol. The highest BCUT2D eigenvalue weighted by Crippen LogP contribution is 2.29. The van der Waals surface area contributed by atoms with Crippen molar-refractivity contribution in [2.75, 3.05) is 26.8 Å². The van der Waals surface area contributed by atoms with Crippen LogP contribution in [0.2, 0.25) is 0 Å². The first-order valence-corrected chi connectivity index (χ1v) is 12.7. The quantitative estimate of drug-likeness (QED) is 0.574. The number of rotatable bonds is 8. The molecule has 1 N–H and O–H groups in total. The predicted octanol–water partition coefficient (Wildman–Crippen LogP) is 2.88. The van der Waals surface area contributed by atoms with E-state index in [9.17, 15) is 18.0 Å². The topological polar surface area (TPSA) is 102 Å². The van der Waals surface area contributed by atoms with Gasteiger partial charge in [0.2, 0.25) is 10.0 Å². The van der Waals surface area contributed by atoms with Crippen LogP contribution in [0.15, 0.2) is 41.3 Å². The third-order valence-corrected chi connectivity index (χ3v) is 8.19. The van der Waals surface area contributed by atoms with Crippen molar-refractivity contribution in [3.05, 3.63) is 58.7 Å². The highest BCUT2D eigenvalue weighted by Gasteiger charge is 2.34. The first kappa shape index (κ1) is 25.7. The summed E-state index contributed by atoms with van der Waals surface area (Å²) in [6.07, 6.45) is 0.713. The van der Waals surface area contributed by atoms with Crippen LogP contribution in [0.3, 0.4) is 0 Å². The summed E-state index contributed by atoms with van der Waals surface area (Å²) >= 11 is 0. The van der Waals surface area contributed by atoms with Crippen molar-refractivity contribution in [1.29, 1.82) is 0 Å². The molecule has 0 radical (unpaired) electrons. The van der Waals surface area contributed by atoms with Crippen molar-refractivity contribution in [2.45, 2.75) is 45.1 Å². The Kier molecular flexibility index (Phi) is 8.33.